The molecule has 1 aliphatic rings. The SMILES string of the molecule is CC(C)(C)OC(=O)/N=C(/NC(=O)OC(C)(C)C)N1CC=CC(C(C)(C)C)O1. The van der Waals surface area contributed by atoms with Crippen LogP contribution in [0.25, 0.3) is 0 Å². The van der Waals surface area contributed by atoms with Crippen LogP contribution < -0.4 is 5.32 Å². The van der Waals surface area contributed by atoms with Gasteiger partial charge in [0, 0.05) is 0 Å². The van der Waals surface area contributed by atoms with E-state index in [9.17, 15) is 9.59 Å². The van der Waals surface area contributed by atoms with Crippen LogP contribution in [0.1, 0.15) is 62.3 Å². The Bertz CT molecular complexity index is 606. The molecule has 8 nitrogen and oxygen atoms in total. The van der Waals surface area contributed by atoms with Crippen LogP contribution in [-0.4, -0.2) is 47.1 Å². The summed E-state index contributed by atoms with van der Waals surface area (Å²) < 4.78 is 10.5. The number of ether oxygens (including phenoxy) is 2. The van der Waals surface area contributed by atoms with E-state index < -0.39 is 23.4 Å². The zero-order chi connectivity index (χ0) is 21.0. The molecule has 1 N–H and O–H groups in total. The van der Waals surface area contributed by atoms with Gasteiger partial charge in [-0.25, -0.2) is 14.7 Å². The zero-order valence-corrected chi connectivity index (χ0v) is 17.9. The largest absolute Gasteiger partial charge is 0.444 e. The van der Waals surface area contributed by atoms with Crippen molar-refractivity contribution in [1.82, 2.24) is 10.4 Å². The number of alkyl carbamates (subject to hydrolysis) is 1. The Kier molecular flexibility index (Phi) is 7.05. The molecule has 0 fully saturated rings. The summed E-state index contributed by atoms with van der Waals surface area (Å²) in [6.45, 7) is 16.8. The second-order valence-electron chi connectivity index (χ2n) is 9.42. The van der Waals surface area contributed by atoms with Gasteiger partial charge in [-0.3, -0.25) is 10.2 Å². The number of carbonyl (C=O) groups excluding carboxylic acids is 2. The lowest BCUT2D eigenvalue weighted by molar-refractivity contribution is -0.163. The maximum Gasteiger partial charge on any atom is 0.437 e. The highest BCUT2D eigenvalue weighted by Crippen LogP contribution is 2.26. The predicted octanol–water partition coefficient (Wildman–Crippen LogP) is 4.02. The van der Waals surface area contributed by atoms with E-state index in [1.54, 1.807) is 41.5 Å². The number of hydrogen-bond acceptors (Lipinski definition) is 5. The summed E-state index contributed by atoms with van der Waals surface area (Å²) in [5.74, 6) is -0.0860. The third-order valence-corrected chi connectivity index (χ3v) is 3.12. The van der Waals surface area contributed by atoms with Gasteiger partial charge >= 0.3 is 12.2 Å². The monoisotopic (exact) mass is 383 g/mol. The van der Waals surface area contributed by atoms with Crippen LogP contribution in [0.5, 0.6) is 0 Å². The maximum absolute atomic E-state index is 12.2. The quantitative estimate of drug-likeness (QED) is 0.386. The summed E-state index contributed by atoms with van der Waals surface area (Å²) >= 11 is 0. The average Bonchev–Trinajstić information content (AvgIpc) is 2.41. The molecule has 0 saturated heterocycles. The molecule has 2 amide bonds. The molecule has 0 aromatic carbocycles. The van der Waals surface area contributed by atoms with E-state index in [0.29, 0.717) is 6.54 Å². The second-order valence-corrected chi connectivity index (χ2v) is 9.42. The van der Waals surface area contributed by atoms with E-state index in [2.05, 4.69) is 10.3 Å². The van der Waals surface area contributed by atoms with Crippen molar-refractivity contribution in [2.75, 3.05) is 6.54 Å². The molecule has 8 heteroatoms. The Morgan fingerprint density at radius 1 is 1.04 bits per heavy atom. The topological polar surface area (TPSA) is 89.5 Å². The Morgan fingerprint density at radius 3 is 2.07 bits per heavy atom. The zero-order valence-electron chi connectivity index (χ0n) is 17.9. The molecule has 0 saturated carbocycles. The van der Waals surface area contributed by atoms with Crippen LogP contribution in [0.2, 0.25) is 0 Å². The second kappa shape index (κ2) is 8.29. The van der Waals surface area contributed by atoms with E-state index in [1.165, 1.54) is 5.06 Å². The summed E-state index contributed by atoms with van der Waals surface area (Å²) in [4.78, 5) is 34.1. The molecule has 1 unspecified atom stereocenters. The van der Waals surface area contributed by atoms with Crippen molar-refractivity contribution in [3.05, 3.63) is 12.2 Å². The first-order valence-corrected chi connectivity index (χ1v) is 8.99. The molecule has 0 radical (unpaired) electrons. The summed E-state index contributed by atoms with van der Waals surface area (Å²) in [7, 11) is 0. The minimum Gasteiger partial charge on any atom is -0.444 e. The lowest BCUT2D eigenvalue weighted by Crippen LogP contribution is -2.50. The molecular weight excluding hydrogens is 350 g/mol. The van der Waals surface area contributed by atoms with Crippen LogP contribution in [0.4, 0.5) is 9.59 Å². The molecule has 1 heterocycles. The average molecular weight is 383 g/mol. The summed E-state index contributed by atoms with van der Waals surface area (Å²) in [6.07, 6.45) is 2.00. The number of hydrogen-bond donors (Lipinski definition) is 1. The molecule has 0 aromatic heterocycles. The Labute approximate surface area is 161 Å². The highest BCUT2D eigenvalue weighted by Gasteiger charge is 2.31. The van der Waals surface area contributed by atoms with Gasteiger partial charge in [-0.15, -0.1) is 4.99 Å². The third kappa shape index (κ3) is 8.90. The lowest BCUT2D eigenvalue weighted by atomic mass is 9.88. The summed E-state index contributed by atoms with van der Waals surface area (Å²) in [5.41, 5.74) is -1.59. The standard InChI is InChI=1S/C19H33N3O5/c1-17(2,3)13-11-10-12-22(27-13)14(20-15(23)25-18(4,5)6)21-16(24)26-19(7,8)9/h10-11,13H,12H2,1-9H3,(H,20,21,23,24). The maximum atomic E-state index is 12.2. The molecule has 27 heavy (non-hydrogen) atoms. The number of carbonyl (C=O) groups is 2. The predicted molar refractivity (Wildman–Crippen MR) is 103 cm³/mol. The first-order valence-electron chi connectivity index (χ1n) is 8.99. The number of nitrogens with one attached hydrogen (secondary N) is 1. The number of hydroxylamine groups is 2. The van der Waals surface area contributed by atoms with Crippen LogP contribution in [0, 0.1) is 5.41 Å². The van der Waals surface area contributed by atoms with Crippen molar-refractivity contribution in [2.24, 2.45) is 10.4 Å². The van der Waals surface area contributed by atoms with Gasteiger partial charge in [0.1, 0.15) is 17.3 Å². The molecule has 0 aliphatic carbocycles. The normalized spacial score (nSPS) is 18.9. The molecule has 0 aromatic rings. The first-order chi connectivity index (χ1) is 12.1. The Morgan fingerprint density at radius 2 is 1.59 bits per heavy atom. The van der Waals surface area contributed by atoms with Crippen molar-refractivity contribution in [3.63, 3.8) is 0 Å². The highest BCUT2D eigenvalue weighted by atomic mass is 16.7. The molecular formula is C19H33N3O5. The minimum absolute atomic E-state index is 0.0860. The third-order valence-electron chi connectivity index (χ3n) is 3.12. The number of nitrogens with zero attached hydrogens (tertiary/aromatic N) is 2. The first kappa shape index (κ1) is 23.0. The van der Waals surface area contributed by atoms with Crippen LogP contribution in [0.15, 0.2) is 17.1 Å². The van der Waals surface area contributed by atoms with Crippen molar-refractivity contribution in [2.45, 2.75) is 79.6 Å². The minimum atomic E-state index is -0.834. The fraction of sp³-hybridized carbons (Fsp3) is 0.737. The van der Waals surface area contributed by atoms with Crippen molar-refractivity contribution in [1.29, 1.82) is 0 Å². The van der Waals surface area contributed by atoms with E-state index in [0.717, 1.165) is 0 Å². The van der Waals surface area contributed by atoms with Crippen LogP contribution in [-0.2, 0) is 14.3 Å². The molecule has 0 bridgehead atoms. The Hall–Kier alpha value is -2.09. The van der Waals surface area contributed by atoms with Gasteiger partial charge in [0.05, 0.1) is 6.54 Å². The lowest BCUT2D eigenvalue weighted by Gasteiger charge is -2.36. The van der Waals surface area contributed by atoms with Gasteiger partial charge in [0.2, 0.25) is 5.96 Å². The number of rotatable bonds is 0. The van der Waals surface area contributed by atoms with Gasteiger partial charge in [-0.1, -0.05) is 32.9 Å². The van der Waals surface area contributed by atoms with E-state index >= 15 is 0 Å². The van der Waals surface area contributed by atoms with Crippen molar-refractivity contribution in [3.8, 4) is 0 Å². The summed E-state index contributed by atoms with van der Waals surface area (Å²) in [6, 6.07) is 0. The van der Waals surface area contributed by atoms with Gasteiger partial charge in [-0.2, -0.15) is 0 Å². The van der Waals surface area contributed by atoms with E-state index in [4.69, 9.17) is 14.3 Å². The van der Waals surface area contributed by atoms with Crippen molar-refractivity contribution >= 4 is 18.1 Å². The highest BCUT2D eigenvalue weighted by molar-refractivity contribution is 5.98. The Balaban J connectivity index is 3.05. The summed E-state index contributed by atoms with van der Waals surface area (Å²) in [5, 5.41) is 3.84. The number of guanidine groups is 1. The molecule has 1 atom stereocenters. The van der Waals surface area contributed by atoms with Gasteiger partial charge in [0.25, 0.3) is 0 Å². The van der Waals surface area contributed by atoms with Gasteiger partial charge in [-0.05, 0) is 47.0 Å². The molecule has 1 rings (SSSR count). The smallest absolute Gasteiger partial charge is 0.437 e. The van der Waals surface area contributed by atoms with Crippen LogP contribution in [0.3, 0.4) is 0 Å². The fourth-order valence-corrected chi connectivity index (χ4v) is 1.99. The molecule has 1 aliphatic heterocycles. The van der Waals surface area contributed by atoms with Crippen LogP contribution >= 0.6 is 0 Å². The van der Waals surface area contributed by atoms with Gasteiger partial charge < -0.3 is 9.47 Å². The van der Waals surface area contributed by atoms with E-state index in [1.807, 2.05) is 32.9 Å². The number of aliphatic imine (C=N–C) groups is 1. The fourth-order valence-electron chi connectivity index (χ4n) is 1.99. The molecule has 154 valence electrons. The number of amides is 2. The molecule has 0 spiro atoms. The van der Waals surface area contributed by atoms with Crippen molar-refractivity contribution < 1.29 is 23.9 Å². The van der Waals surface area contributed by atoms with E-state index in [-0.39, 0.29) is 17.5 Å². The van der Waals surface area contributed by atoms with Gasteiger partial charge in [0.15, 0.2) is 0 Å².